The summed E-state index contributed by atoms with van der Waals surface area (Å²) in [6, 6.07) is 6.42. The fraction of sp³-hybridized carbons (Fsp3) is 0.333. The SMILES string of the molecule is O=C(O)[C@@H]1[C@H](C(=O)Nc2ccccc2O)[C@H]2C=C[C@@H]1C2. The number of hydrogen-bond donors (Lipinski definition) is 3. The van der Waals surface area contributed by atoms with Crippen molar-refractivity contribution in [3.63, 3.8) is 0 Å². The smallest absolute Gasteiger partial charge is 0.307 e. The largest absolute Gasteiger partial charge is 0.506 e. The number of rotatable bonds is 3. The van der Waals surface area contributed by atoms with Crippen molar-refractivity contribution in [3.05, 3.63) is 36.4 Å². The van der Waals surface area contributed by atoms with Crippen molar-refractivity contribution in [1.82, 2.24) is 0 Å². The highest BCUT2D eigenvalue weighted by Crippen LogP contribution is 2.48. The molecule has 1 saturated carbocycles. The second-order valence-electron chi connectivity index (χ2n) is 5.34. The molecule has 0 heterocycles. The zero-order chi connectivity index (χ0) is 14.3. The molecule has 0 spiro atoms. The average molecular weight is 273 g/mol. The van der Waals surface area contributed by atoms with Gasteiger partial charge in [0.15, 0.2) is 0 Å². The van der Waals surface area contributed by atoms with Gasteiger partial charge in [-0.1, -0.05) is 24.3 Å². The van der Waals surface area contributed by atoms with Crippen molar-refractivity contribution < 1.29 is 19.8 Å². The highest BCUT2D eigenvalue weighted by Gasteiger charge is 2.51. The van der Waals surface area contributed by atoms with E-state index in [9.17, 15) is 19.8 Å². The second-order valence-corrected chi connectivity index (χ2v) is 5.34. The van der Waals surface area contributed by atoms with Gasteiger partial charge in [0.2, 0.25) is 5.91 Å². The first-order valence-electron chi connectivity index (χ1n) is 6.58. The first kappa shape index (κ1) is 12.7. The molecule has 3 N–H and O–H groups in total. The molecule has 1 amide bonds. The maximum Gasteiger partial charge on any atom is 0.307 e. The predicted octanol–water partition coefficient (Wildman–Crippen LogP) is 1.85. The van der Waals surface area contributed by atoms with Gasteiger partial charge in [-0.2, -0.15) is 0 Å². The number of amides is 1. The van der Waals surface area contributed by atoms with Crippen LogP contribution in [0.5, 0.6) is 5.75 Å². The Kier molecular flexibility index (Phi) is 2.97. The number of phenolic OH excluding ortho intramolecular Hbond substituents is 1. The number of carboxylic acids is 1. The van der Waals surface area contributed by atoms with Crippen molar-refractivity contribution in [2.75, 3.05) is 5.32 Å². The minimum atomic E-state index is -0.931. The zero-order valence-electron chi connectivity index (χ0n) is 10.7. The van der Waals surface area contributed by atoms with Crippen molar-refractivity contribution in [2.45, 2.75) is 6.42 Å². The molecule has 1 aromatic rings. The quantitative estimate of drug-likeness (QED) is 0.579. The lowest BCUT2D eigenvalue weighted by Crippen LogP contribution is -2.36. The molecule has 4 atom stereocenters. The van der Waals surface area contributed by atoms with Crippen LogP contribution in [0.3, 0.4) is 0 Å². The number of phenols is 1. The number of aromatic hydroxyl groups is 1. The molecule has 0 unspecified atom stereocenters. The van der Waals surface area contributed by atoms with Crippen molar-refractivity contribution in [1.29, 1.82) is 0 Å². The van der Waals surface area contributed by atoms with Crippen molar-refractivity contribution >= 4 is 17.6 Å². The van der Waals surface area contributed by atoms with E-state index in [0.29, 0.717) is 5.69 Å². The van der Waals surface area contributed by atoms with E-state index in [0.717, 1.165) is 6.42 Å². The zero-order valence-corrected chi connectivity index (χ0v) is 10.7. The van der Waals surface area contributed by atoms with Crippen LogP contribution >= 0.6 is 0 Å². The Bertz CT molecular complexity index is 595. The lowest BCUT2D eigenvalue weighted by molar-refractivity contribution is -0.146. The fourth-order valence-corrected chi connectivity index (χ4v) is 3.31. The third kappa shape index (κ3) is 1.95. The van der Waals surface area contributed by atoms with E-state index < -0.39 is 17.8 Å². The van der Waals surface area contributed by atoms with Crippen LogP contribution in [0, 0.1) is 23.7 Å². The van der Waals surface area contributed by atoms with Crippen LogP contribution in [-0.4, -0.2) is 22.1 Å². The second kappa shape index (κ2) is 4.67. The summed E-state index contributed by atoms with van der Waals surface area (Å²) in [6.45, 7) is 0. The number of anilines is 1. The molecule has 2 bridgehead atoms. The van der Waals surface area contributed by atoms with E-state index >= 15 is 0 Å². The molecule has 104 valence electrons. The standard InChI is InChI=1S/C15H15NO4/c17-11-4-2-1-3-10(11)16-14(18)12-8-5-6-9(7-8)13(12)15(19)20/h1-6,8-9,12-13,17H,7H2,(H,16,18)(H,19,20)/t8-,9+,12+,13-/m0/s1. The lowest BCUT2D eigenvalue weighted by atomic mass is 9.82. The summed E-state index contributed by atoms with van der Waals surface area (Å²) in [7, 11) is 0. The lowest BCUT2D eigenvalue weighted by Gasteiger charge is -2.24. The van der Waals surface area contributed by atoms with Gasteiger partial charge in [-0.15, -0.1) is 0 Å². The van der Waals surface area contributed by atoms with Gasteiger partial charge in [-0.25, -0.2) is 0 Å². The molecule has 2 aliphatic rings. The normalized spacial score (nSPS) is 30.4. The Labute approximate surface area is 115 Å². The monoisotopic (exact) mass is 273 g/mol. The number of hydrogen-bond acceptors (Lipinski definition) is 3. The molecule has 5 heteroatoms. The summed E-state index contributed by atoms with van der Waals surface area (Å²) in [5.74, 6) is -2.61. The summed E-state index contributed by atoms with van der Waals surface area (Å²) in [4.78, 5) is 23.7. The van der Waals surface area contributed by atoms with Crippen molar-refractivity contribution in [2.24, 2.45) is 23.7 Å². The van der Waals surface area contributed by atoms with Gasteiger partial charge in [0.1, 0.15) is 5.75 Å². The summed E-state index contributed by atoms with van der Waals surface area (Å²) in [5, 5.41) is 21.6. The van der Waals surface area contributed by atoms with Crippen molar-refractivity contribution in [3.8, 4) is 5.75 Å². The van der Waals surface area contributed by atoms with Crippen LogP contribution in [-0.2, 0) is 9.59 Å². The number of aliphatic carboxylic acids is 1. The number of carbonyl (C=O) groups is 2. The Balaban J connectivity index is 1.82. The fourth-order valence-electron chi connectivity index (χ4n) is 3.31. The maximum absolute atomic E-state index is 12.4. The van der Waals surface area contributed by atoms with Gasteiger partial charge in [-0.3, -0.25) is 9.59 Å². The molecule has 2 aliphatic carbocycles. The van der Waals surface area contributed by atoms with Gasteiger partial charge < -0.3 is 15.5 Å². The third-order valence-electron chi connectivity index (χ3n) is 4.21. The molecule has 5 nitrogen and oxygen atoms in total. The summed E-state index contributed by atoms with van der Waals surface area (Å²) in [5.41, 5.74) is 0.313. The number of allylic oxidation sites excluding steroid dienone is 2. The molecule has 1 fully saturated rings. The van der Waals surface area contributed by atoms with Crippen LogP contribution in [0.1, 0.15) is 6.42 Å². The Morgan fingerprint density at radius 2 is 1.75 bits per heavy atom. The summed E-state index contributed by atoms with van der Waals surface area (Å²) < 4.78 is 0. The Morgan fingerprint density at radius 1 is 1.10 bits per heavy atom. The number of carbonyl (C=O) groups excluding carboxylic acids is 1. The van der Waals surface area contributed by atoms with E-state index in [1.165, 1.54) is 6.07 Å². The molecule has 0 saturated heterocycles. The van der Waals surface area contributed by atoms with E-state index in [1.54, 1.807) is 18.2 Å². The highest BCUT2D eigenvalue weighted by atomic mass is 16.4. The van der Waals surface area contributed by atoms with E-state index in [1.807, 2.05) is 12.2 Å². The number of carboxylic acid groups (broad SMARTS) is 1. The number of benzene rings is 1. The van der Waals surface area contributed by atoms with Crippen LogP contribution in [0.4, 0.5) is 5.69 Å². The maximum atomic E-state index is 12.4. The number of nitrogens with one attached hydrogen (secondary N) is 1. The summed E-state index contributed by atoms with van der Waals surface area (Å²) >= 11 is 0. The number of fused-ring (bicyclic) bond motifs is 2. The first-order valence-corrected chi connectivity index (χ1v) is 6.58. The molecule has 0 aliphatic heterocycles. The van der Waals surface area contributed by atoms with Gasteiger partial charge in [0, 0.05) is 0 Å². The minimum Gasteiger partial charge on any atom is -0.506 e. The van der Waals surface area contributed by atoms with E-state index in [2.05, 4.69) is 5.32 Å². The van der Waals surface area contributed by atoms with Crippen LogP contribution in [0.25, 0.3) is 0 Å². The summed E-state index contributed by atoms with van der Waals surface area (Å²) in [6.07, 6.45) is 4.54. The first-order chi connectivity index (χ1) is 9.58. The van der Waals surface area contributed by atoms with Gasteiger partial charge in [0.25, 0.3) is 0 Å². The molecule has 0 radical (unpaired) electrons. The predicted molar refractivity (Wildman–Crippen MR) is 72.1 cm³/mol. The van der Waals surface area contributed by atoms with Gasteiger partial charge in [0.05, 0.1) is 17.5 Å². The van der Waals surface area contributed by atoms with Crippen LogP contribution < -0.4 is 5.32 Å². The molecular weight excluding hydrogens is 258 g/mol. The third-order valence-corrected chi connectivity index (χ3v) is 4.21. The van der Waals surface area contributed by atoms with E-state index in [-0.39, 0.29) is 23.5 Å². The van der Waals surface area contributed by atoms with Crippen LogP contribution in [0.2, 0.25) is 0 Å². The molecule has 0 aromatic heterocycles. The van der Waals surface area contributed by atoms with Gasteiger partial charge >= 0.3 is 5.97 Å². The average Bonchev–Trinajstić information content (AvgIpc) is 3.01. The van der Waals surface area contributed by atoms with Gasteiger partial charge in [-0.05, 0) is 30.4 Å². The topological polar surface area (TPSA) is 86.6 Å². The Hall–Kier alpha value is -2.30. The Morgan fingerprint density at radius 3 is 2.40 bits per heavy atom. The van der Waals surface area contributed by atoms with E-state index in [4.69, 9.17) is 0 Å². The molecule has 20 heavy (non-hydrogen) atoms. The molecular formula is C15H15NO4. The highest BCUT2D eigenvalue weighted by molar-refractivity contribution is 5.97. The van der Waals surface area contributed by atoms with Crippen LogP contribution in [0.15, 0.2) is 36.4 Å². The number of para-hydroxylation sites is 2. The molecule has 1 aromatic carbocycles. The molecule has 3 rings (SSSR count). The minimum absolute atomic E-state index is 0.0213.